The van der Waals surface area contributed by atoms with E-state index < -0.39 is 28.3 Å². The number of morpholine rings is 1. The summed E-state index contributed by atoms with van der Waals surface area (Å²) < 4.78 is 45.7. The van der Waals surface area contributed by atoms with E-state index in [2.05, 4.69) is 10.2 Å². The molecule has 0 spiro atoms. The first kappa shape index (κ1) is 27.4. The highest BCUT2D eigenvalue weighted by molar-refractivity contribution is 7.89. The van der Waals surface area contributed by atoms with Gasteiger partial charge in [-0.1, -0.05) is 12.1 Å². The van der Waals surface area contributed by atoms with Crippen LogP contribution in [0.1, 0.15) is 31.2 Å². The molecule has 0 bridgehead atoms. The third-order valence-electron chi connectivity index (χ3n) is 7.02. The smallest absolute Gasteiger partial charge is 0.243 e. The van der Waals surface area contributed by atoms with Gasteiger partial charge in [-0.05, 0) is 50.4 Å². The Hall–Kier alpha value is -1.60. The molecule has 0 radical (unpaired) electrons. The van der Waals surface area contributed by atoms with Crippen molar-refractivity contribution in [2.24, 2.45) is 0 Å². The fraction of sp³-hybridized carbons (Fsp3) is 0.720. The van der Waals surface area contributed by atoms with Crippen LogP contribution in [0.2, 0.25) is 0 Å². The van der Waals surface area contributed by atoms with Crippen molar-refractivity contribution >= 4 is 15.9 Å². The van der Waals surface area contributed by atoms with Gasteiger partial charge in [0.2, 0.25) is 15.9 Å². The Kier molecular flexibility index (Phi) is 9.73. The van der Waals surface area contributed by atoms with Crippen molar-refractivity contribution in [1.82, 2.24) is 14.5 Å². The largest absolute Gasteiger partial charge is 0.389 e. The standard InChI is InChI=1S/C25H39N3O7S/c1-19-4-2-5-22(14-19)36(31,32)28-16-20(29)17-34-18-24-23(28)7-6-21(35-24)15-25(30)26-8-3-9-27-10-12-33-13-11-27/h2,4-5,14,20-21,23-24,29H,3,6-13,15-18H2,1H3,(H,26,30)/t20-,21-,23-,24+/m0/s1. The second kappa shape index (κ2) is 12.8. The van der Waals surface area contributed by atoms with Crippen molar-refractivity contribution in [3.05, 3.63) is 29.8 Å². The molecule has 11 heteroatoms. The van der Waals surface area contributed by atoms with Gasteiger partial charge in [-0.25, -0.2) is 8.42 Å². The summed E-state index contributed by atoms with van der Waals surface area (Å²) >= 11 is 0. The quantitative estimate of drug-likeness (QED) is 0.472. The summed E-state index contributed by atoms with van der Waals surface area (Å²) in [6.07, 6.45) is 0.454. The molecule has 36 heavy (non-hydrogen) atoms. The van der Waals surface area contributed by atoms with E-state index in [0.29, 0.717) is 19.4 Å². The van der Waals surface area contributed by atoms with Crippen LogP contribution in [-0.2, 0) is 29.0 Å². The maximum absolute atomic E-state index is 13.6. The first-order chi connectivity index (χ1) is 17.3. The monoisotopic (exact) mass is 525 g/mol. The number of fused-ring (bicyclic) bond motifs is 1. The summed E-state index contributed by atoms with van der Waals surface area (Å²) in [4.78, 5) is 15.1. The van der Waals surface area contributed by atoms with Gasteiger partial charge in [-0.2, -0.15) is 4.31 Å². The van der Waals surface area contributed by atoms with Crippen molar-refractivity contribution in [3.63, 3.8) is 0 Å². The number of rotatable bonds is 8. The lowest BCUT2D eigenvalue weighted by Crippen LogP contribution is -2.57. The molecule has 0 aliphatic carbocycles. The van der Waals surface area contributed by atoms with Crippen LogP contribution in [0.4, 0.5) is 0 Å². The predicted octanol–water partition coefficient (Wildman–Crippen LogP) is 0.522. The Morgan fingerprint density at radius 3 is 2.75 bits per heavy atom. The van der Waals surface area contributed by atoms with E-state index in [9.17, 15) is 18.3 Å². The average Bonchev–Trinajstić information content (AvgIpc) is 2.85. The van der Waals surface area contributed by atoms with Crippen LogP contribution in [0.5, 0.6) is 0 Å². The van der Waals surface area contributed by atoms with Crippen LogP contribution in [0.25, 0.3) is 0 Å². The van der Waals surface area contributed by atoms with Gasteiger partial charge < -0.3 is 24.6 Å². The van der Waals surface area contributed by atoms with Gasteiger partial charge in [0.15, 0.2) is 0 Å². The summed E-state index contributed by atoms with van der Waals surface area (Å²) in [5.74, 6) is -0.0631. The number of sulfonamides is 1. The number of hydrogen-bond donors (Lipinski definition) is 2. The summed E-state index contributed by atoms with van der Waals surface area (Å²) in [7, 11) is -3.85. The molecular weight excluding hydrogens is 486 g/mol. The first-order valence-electron chi connectivity index (χ1n) is 12.9. The van der Waals surface area contributed by atoms with Gasteiger partial charge in [0.1, 0.15) is 0 Å². The molecule has 3 aliphatic rings. The second-order valence-electron chi connectivity index (χ2n) is 9.89. The molecule has 4 rings (SSSR count). The maximum Gasteiger partial charge on any atom is 0.243 e. The van der Waals surface area contributed by atoms with E-state index in [0.717, 1.165) is 44.8 Å². The number of nitrogens with one attached hydrogen (secondary N) is 1. The summed E-state index contributed by atoms with van der Waals surface area (Å²) in [6, 6.07) is 6.31. The Morgan fingerprint density at radius 1 is 1.17 bits per heavy atom. The van der Waals surface area contributed by atoms with E-state index in [4.69, 9.17) is 14.2 Å². The molecule has 0 unspecified atom stereocenters. The molecule has 3 heterocycles. The highest BCUT2D eigenvalue weighted by atomic mass is 32.2. The number of aryl methyl sites for hydroxylation is 1. The number of ether oxygens (including phenoxy) is 3. The lowest BCUT2D eigenvalue weighted by atomic mass is 9.96. The van der Waals surface area contributed by atoms with Crippen molar-refractivity contribution < 1.29 is 32.5 Å². The molecule has 1 aromatic carbocycles. The Balaban J connectivity index is 1.33. The van der Waals surface area contributed by atoms with Crippen LogP contribution in [-0.4, -0.2) is 112 Å². The number of carbonyl (C=O) groups is 1. The molecule has 0 saturated carbocycles. The van der Waals surface area contributed by atoms with Gasteiger partial charge in [-0.3, -0.25) is 9.69 Å². The lowest BCUT2D eigenvalue weighted by molar-refractivity contribution is -0.146. The van der Waals surface area contributed by atoms with E-state index in [1.807, 2.05) is 13.0 Å². The van der Waals surface area contributed by atoms with Crippen molar-refractivity contribution in [2.45, 2.75) is 61.9 Å². The first-order valence-corrected chi connectivity index (χ1v) is 14.3. The van der Waals surface area contributed by atoms with Gasteiger partial charge in [0, 0.05) is 26.2 Å². The molecule has 4 atom stereocenters. The average molecular weight is 526 g/mol. The predicted molar refractivity (Wildman–Crippen MR) is 133 cm³/mol. The van der Waals surface area contributed by atoms with Gasteiger partial charge in [0.25, 0.3) is 0 Å². The molecule has 3 aliphatic heterocycles. The molecule has 3 fully saturated rings. The Morgan fingerprint density at radius 2 is 1.97 bits per heavy atom. The van der Waals surface area contributed by atoms with Crippen molar-refractivity contribution in [2.75, 3.05) is 59.2 Å². The number of aliphatic hydroxyl groups is 1. The van der Waals surface area contributed by atoms with Gasteiger partial charge in [0.05, 0.1) is 62.1 Å². The molecule has 10 nitrogen and oxygen atoms in total. The van der Waals surface area contributed by atoms with E-state index in [1.54, 1.807) is 18.2 Å². The normalized spacial score (nSPS) is 28.6. The minimum atomic E-state index is -3.85. The molecular formula is C25H39N3O7S. The highest BCUT2D eigenvalue weighted by Crippen LogP contribution is 2.31. The molecule has 1 aromatic rings. The zero-order valence-corrected chi connectivity index (χ0v) is 21.8. The lowest BCUT2D eigenvalue weighted by Gasteiger charge is -2.43. The molecule has 3 saturated heterocycles. The Labute approximate surface area is 213 Å². The fourth-order valence-corrected chi connectivity index (χ4v) is 6.94. The molecule has 1 amide bonds. The zero-order valence-electron chi connectivity index (χ0n) is 21.0. The molecule has 0 aromatic heterocycles. The van der Waals surface area contributed by atoms with Crippen LogP contribution in [0, 0.1) is 6.92 Å². The summed E-state index contributed by atoms with van der Waals surface area (Å²) in [6.45, 7) is 6.92. The van der Waals surface area contributed by atoms with E-state index >= 15 is 0 Å². The van der Waals surface area contributed by atoms with E-state index in [-0.39, 0.29) is 43.1 Å². The van der Waals surface area contributed by atoms with Crippen molar-refractivity contribution in [3.8, 4) is 0 Å². The fourth-order valence-electron chi connectivity index (χ4n) is 5.12. The molecule has 2 N–H and O–H groups in total. The minimum Gasteiger partial charge on any atom is -0.389 e. The van der Waals surface area contributed by atoms with Crippen LogP contribution in [0.15, 0.2) is 29.2 Å². The number of benzene rings is 1. The zero-order chi connectivity index (χ0) is 25.5. The summed E-state index contributed by atoms with van der Waals surface area (Å²) in [5, 5.41) is 13.3. The van der Waals surface area contributed by atoms with E-state index in [1.165, 1.54) is 4.31 Å². The van der Waals surface area contributed by atoms with Gasteiger partial charge >= 0.3 is 0 Å². The second-order valence-corrected chi connectivity index (χ2v) is 11.8. The maximum atomic E-state index is 13.6. The topological polar surface area (TPSA) is 118 Å². The number of amides is 1. The summed E-state index contributed by atoms with van der Waals surface area (Å²) in [5.41, 5.74) is 0.847. The third kappa shape index (κ3) is 7.25. The SMILES string of the molecule is Cc1cccc(S(=O)(=O)N2C[C@H](O)COC[C@H]3O[C@H](CC(=O)NCCCN4CCOCC4)CC[C@@H]32)c1. The number of hydrogen-bond acceptors (Lipinski definition) is 8. The number of aliphatic hydroxyl groups excluding tert-OH is 1. The number of carbonyl (C=O) groups excluding carboxylic acids is 1. The van der Waals surface area contributed by atoms with Crippen molar-refractivity contribution in [1.29, 1.82) is 0 Å². The third-order valence-corrected chi connectivity index (χ3v) is 8.91. The Bertz CT molecular complexity index is 970. The van der Waals surface area contributed by atoms with Crippen LogP contribution >= 0.6 is 0 Å². The van der Waals surface area contributed by atoms with Crippen LogP contribution < -0.4 is 5.32 Å². The molecule has 202 valence electrons. The minimum absolute atomic E-state index is 0.0285. The highest BCUT2D eigenvalue weighted by Gasteiger charge is 2.43. The number of nitrogens with zero attached hydrogens (tertiary/aromatic N) is 2. The van der Waals surface area contributed by atoms with Gasteiger partial charge in [-0.15, -0.1) is 0 Å². The number of β-amino-alcohol motifs (C(OH)–C–C–N with tert-alkyl or cyclic N) is 1. The van der Waals surface area contributed by atoms with Crippen LogP contribution in [0.3, 0.4) is 0 Å².